The van der Waals surface area contributed by atoms with Crippen LogP contribution in [-0.2, 0) is 0 Å². The lowest BCUT2D eigenvalue weighted by Gasteiger charge is -2.06. The number of hydrogen-bond donors (Lipinski definition) is 1. The molecule has 0 saturated heterocycles. The lowest BCUT2D eigenvalue weighted by Crippen LogP contribution is -2.19. The van der Waals surface area contributed by atoms with E-state index in [-0.39, 0.29) is 17.5 Å². The summed E-state index contributed by atoms with van der Waals surface area (Å²) in [6, 6.07) is 0. The van der Waals surface area contributed by atoms with Gasteiger partial charge in [-0.25, -0.2) is 0 Å². The molecule has 0 bridgehead atoms. The van der Waals surface area contributed by atoms with E-state index in [1.54, 1.807) is 0 Å². The second-order valence-electron chi connectivity index (χ2n) is 4.52. The van der Waals surface area contributed by atoms with Crippen molar-refractivity contribution in [3.8, 4) is 0 Å². The predicted octanol–water partition coefficient (Wildman–Crippen LogP) is 4.97. The summed E-state index contributed by atoms with van der Waals surface area (Å²) in [6.07, 6.45) is 10.1. The molecule has 18 heavy (non-hydrogen) atoms. The summed E-state index contributed by atoms with van der Waals surface area (Å²) < 4.78 is 35.4. The van der Waals surface area contributed by atoms with Crippen molar-refractivity contribution in [3.63, 3.8) is 0 Å². The standard InChI is InChI=1S/C13H26F3NS/c1-2-3-4-5-6-7-8-9-10-17-11-12-18-13(14,15)16/h17H,2-12H2,1H3. The minimum atomic E-state index is -4.08. The first-order valence-corrected chi connectivity index (χ1v) is 7.96. The van der Waals surface area contributed by atoms with Crippen molar-refractivity contribution in [2.24, 2.45) is 0 Å². The van der Waals surface area contributed by atoms with Gasteiger partial charge < -0.3 is 5.32 Å². The SMILES string of the molecule is CCCCCCCCCCNCCSC(F)(F)F. The van der Waals surface area contributed by atoms with Gasteiger partial charge >= 0.3 is 5.51 Å². The highest BCUT2D eigenvalue weighted by Gasteiger charge is 2.27. The highest BCUT2D eigenvalue weighted by atomic mass is 32.2. The minimum absolute atomic E-state index is 0.0506. The third-order valence-corrected chi connectivity index (χ3v) is 3.49. The zero-order valence-corrected chi connectivity index (χ0v) is 12.1. The molecule has 0 rings (SSSR count). The summed E-state index contributed by atoms with van der Waals surface area (Å²) in [5.41, 5.74) is -4.08. The largest absolute Gasteiger partial charge is 0.441 e. The van der Waals surface area contributed by atoms with Crippen LogP contribution < -0.4 is 5.32 Å². The van der Waals surface area contributed by atoms with Crippen molar-refractivity contribution in [2.45, 2.75) is 63.8 Å². The number of nitrogens with one attached hydrogen (secondary N) is 1. The van der Waals surface area contributed by atoms with Gasteiger partial charge in [-0.1, -0.05) is 51.9 Å². The fraction of sp³-hybridized carbons (Fsp3) is 1.00. The van der Waals surface area contributed by atoms with Gasteiger partial charge in [-0.15, -0.1) is 0 Å². The monoisotopic (exact) mass is 285 g/mol. The van der Waals surface area contributed by atoms with E-state index in [1.807, 2.05) is 0 Å². The number of unbranched alkanes of at least 4 members (excludes halogenated alkanes) is 7. The highest BCUT2D eigenvalue weighted by molar-refractivity contribution is 8.00. The van der Waals surface area contributed by atoms with E-state index in [2.05, 4.69) is 12.2 Å². The molecule has 5 heteroatoms. The molecule has 0 radical (unpaired) electrons. The molecule has 0 fully saturated rings. The first-order valence-electron chi connectivity index (χ1n) is 6.97. The molecule has 0 aromatic heterocycles. The third-order valence-electron chi connectivity index (χ3n) is 2.75. The Labute approximate surface area is 113 Å². The normalized spacial score (nSPS) is 12.0. The Hall–Kier alpha value is 0.100. The molecule has 0 amide bonds. The molecule has 110 valence electrons. The number of rotatable bonds is 12. The Morgan fingerprint density at radius 3 is 1.94 bits per heavy atom. The molecule has 0 unspecified atom stereocenters. The first kappa shape index (κ1) is 18.1. The summed E-state index contributed by atoms with van der Waals surface area (Å²) in [5, 5.41) is 3.05. The molecule has 0 aliphatic rings. The maximum atomic E-state index is 11.8. The van der Waals surface area contributed by atoms with Gasteiger partial charge in [0.1, 0.15) is 0 Å². The average molecular weight is 285 g/mol. The van der Waals surface area contributed by atoms with Crippen LogP contribution in [0, 0.1) is 0 Å². The van der Waals surface area contributed by atoms with Crippen LogP contribution in [0.25, 0.3) is 0 Å². The molecule has 0 aromatic carbocycles. The molecule has 0 heterocycles. The van der Waals surface area contributed by atoms with E-state index in [1.165, 1.54) is 44.9 Å². The van der Waals surface area contributed by atoms with Crippen LogP contribution in [0.2, 0.25) is 0 Å². The molecule has 0 aliphatic heterocycles. The van der Waals surface area contributed by atoms with Crippen LogP contribution in [-0.4, -0.2) is 24.4 Å². The van der Waals surface area contributed by atoms with E-state index < -0.39 is 5.51 Å². The van der Waals surface area contributed by atoms with Crippen molar-refractivity contribution in [3.05, 3.63) is 0 Å². The van der Waals surface area contributed by atoms with Gasteiger partial charge in [0.2, 0.25) is 0 Å². The maximum Gasteiger partial charge on any atom is 0.441 e. The third kappa shape index (κ3) is 16.1. The van der Waals surface area contributed by atoms with Crippen LogP contribution in [0.4, 0.5) is 13.2 Å². The fourth-order valence-electron chi connectivity index (χ4n) is 1.75. The molecule has 1 nitrogen and oxygen atoms in total. The lowest BCUT2D eigenvalue weighted by molar-refractivity contribution is -0.0327. The zero-order valence-electron chi connectivity index (χ0n) is 11.3. The summed E-state index contributed by atoms with van der Waals surface area (Å²) >= 11 is 0.0506. The van der Waals surface area contributed by atoms with E-state index in [0.717, 1.165) is 13.0 Å². The van der Waals surface area contributed by atoms with Gasteiger partial charge in [0.15, 0.2) is 0 Å². The molecule has 0 aromatic rings. The minimum Gasteiger partial charge on any atom is -0.316 e. The first-order chi connectivity index (χ1) is 8.56. The molecule has 0 aliphatic carbocycles. The van der Waals surface area contributed by atoms with Crippen molar-refractivity contribution in [1.29, 1.82) is 0 Å². The number of hydrogen-bond acceptors (Lipinski definition) is 2. The smallest absolute Gasteiger partial charge is 0.316 e. The Morgan fingerprint density at radius 1 is 0.833 bits per heavy atom. The molecule has 0 atom stereocenters. The summed E-state index contributed by atoms with van der Waals surface area (Å²) in [5.74, 6) is 0.112. The topological polar surface area (TPSA) is 12.0 Å². The second kappa shape index (κ2) is 12.2. The molecular weight excluding hydrogens is 259 g/mol. The van der Waals surface area contributed by atoms with E-state index in [9.17, 15) is 13.2 Å². The number of halogens is 3. The van der Waals surface area contributed by atoms with Crippen LogP contribution in [0.1, 0.15) is 58.3 Å². The van der Waals surface area contributed by atoms with Gasteiger partial charge in [0.05, 0.1) is 0 Å². The predicted molar refractivity (Wildman–Crippen MR) is 74.0 cm³/mol. The Bertz CT molecular complexity index is 174. The van der Waals surface area contributed by atoms with Gasteiger partial charge in [-0.05, 0) is 24.7 Å². The quantitative estimate of drug-likeness (QED) is 0.508. The second-order valence-corrected chi connectivity index (χ2v) is 5.68. The highest BCUT2D eigenvalue weighted by Crippen LogP contribution is 2.29. The van der Waals surface area contributed by atoms with Crippen molar-refractivity contribution < 1.29 is 13.2 Å². The van der Waals surface area contributed by atoms with Crippen molar-refractivity contribution in [1.82, 2.24) is 5.32 Å². The number of thioether (sulfide) groups is 1. The lowest BCUT2D eigenvalue weighted by atomic mass is 10.1. The molecule has 0 spiro atoms. The molecule has 0 saturated carbocycles. The van der Waals surface area contributed by atoms with Gasteiger partial charge in [-0.3, -0.25) is 0 Å². The van der Waals surface area contributed by atoms with Gasteiger partial charge in [-0.2, -0.15) is 13.2 Å². The molecule has 1 N–H and O–H groups in total. The van der Waals surface area contributed by atoms with Gasteiger partial charge in [0.25, 0.3) is 0 Å². The van der Waals surface area contributed by atoms with Crippen LogP contribution in [0.5, 0.6) is 0 Å². The van der Waals surface area contributed by atoms with Crippen molar-refractivity contribution >= 4 is 11.8 Å². The van der Waals surface area contributed by atoms with Crippen molar-refractivity contribution in [2.75, 3.05) is 18.8 Å². The summed E-state index contributed by atoms with van der Waals surface area (Å²) in [7, 11) is 0. The summed E-state index contributed by atoms with van der Waals surface area (Å²) in [6.45, 7) is 3.50. The van der Waals surface area contributed by atoms with Crippen LogP contribution >= 0.6 is 11.8 Å². The Morgan fingerprint density at radius 2 is 1.39 bits per heavy atom. The Kier molecular flexibility index (Phi) is 12.2. The Balaban J connectivity index is 2.99. The van der Waals surface area contributed by atoms with E-state index in [0.29, 0.717) is 6.54 Å². The zero-order chi connectivity index (χ0) is 13.7. The number of alkyl halides is 3. The van der Waals surface area contributed by atoms with Crippen LogP contribution in [0.3, 0.4) is 0 Å². The van der Waals surface area contributed by atoms with E-state index >= 15 is 0 Å². The van der Waals surface area contributed by atoms with E-state index in [4.69, 9.17) is 0 Å². The molecular formula is C13H26F3NS. The van der Waals surface area contributed by atoms with Gasteiger partial charge in [0, 0.05) is 12.3 Å². The maximum absolute atomic E-state index is 11.8. The summed E-state index contributed by atoms with van der Waals surface area (Å²) in [4.78, 5) is 0. The fourth-order valence-corrected chi connectivity index (χ4v) is 2.23. The van der Waals surface area contributed by atoms with Crippen LogP contribution in [0.15, 0.2) is 0 Å². The average Bonchev–Trinajstić information content (AvgIpc) is 2.29.